The summed E-state index contributed by atoms with van der Waals surface area (Å²) in [5.74, 6) is 1.75. The maximum atomic E-state index is 11.7. The van der Waals surface area contributed by atoms with E-state index < -0.39 is 0 Å². The summed E-state index contributed by atoms with van der Waals surface area (Å²) < 4.78 is 0. The predicted molar refractivity (Wildman–Crippen MR) is 162 cm³/mol. The zero-order chi connectivity index (χ0) is 29.3. The SMILES string of the molecule is CC(C)C(=O)NC12CCN(CC1)CC2.CC(C)C(=O)NC1CCCCC1.CC(C)C(=O)NC1CN2CCC1CC2. The first-order valence-electron chi connectivity index (χ1n) is 16.4. The summed E-state index contributed by atoms with van der Waals surface area (Å²) in [6.45, 7) is 18.8. The van der Waals surface area contributed by atoms with Crippen LogP contribution in [0, 0.1) is 23.7 Å². The van der Waals surface area contributed by atoms with Crippen LogP contribution in [0.2, 0.25) is 0 Å². The number of amides is 3. The quantitative estimate of drug-likeness (QED) is 0.457. The third kappa shape index (κ3) is 10.0. The lowest BCUT2D eigenvalue weighted by atomic mass is 9.79. The van der Waals surface area contributed by atoms with Gasteiger partial charge in [-0.15, -0.1) is 0 Å². The molecule has 6 heterocycles. The van der Waals surface area contributed by atoms with Crippen molar-refractivity contribution in [1.29, 1.82) is 0 Å². The second-order valence-corrected chi connectivity index (χ2v) is 13.9. The molecular weight excluding hydrogens is 502 g/mol. The van der Waals surface area contributed by atoms with Crippen LogP contribution in [0.1, 0.15) is 106 Å². The second-order valence-electron chi connectivity index (χ2n) is 13.9. The smallest absolute Gasteiger partial charge is 0.222 e. The molecule has 0 aromatic carbocycles. The van der Waals surface area contributed by atoms with Crippen LogP contribution in [0.25, 0.3) is 0 Å². The second kappa shape index (κ2) is 15.5. The molecule has 0 aromatic heterocycles. The number of carbonyl (C=O) groups is 3. The van der Waals surface area contributed by atoms with Gasteiger partial charge in [-0.3, -0.25) is 14.4 Å². The Labute approximate surface area is 244 Å². The lowest BCUT2D eigenvalue weighted by molar-refractivity contribution is -0.128. The molecule has 7 fully saturated rings. The van der Waals surface area contributed by atoms with Crippen LogP contribution in [-0.2, 0) is 14.4 Å². The number of nitrogens with one attached hydrogen (secondary N) is 3. The summed E-state index contributed by atoms with van der Waals surface area (Å²) in [6, 6.07) is 0.890. The fourth-order valence-corrected chi connectivity index (χ4v) is 6.51. The van der Waals surface area contributed by atoms with Gasteiger partial charge in [0.05, 0.1) is 0 Å². The van der Waals surface area contributed by atoms with Gasteiger partial charge >= 0.3 is 0 Å². The fraction of sp³-hybridized carbons (Fsp3) is 0.906. The van der Waals surface area contributed by atoms with Crippen molar-refractivity contribution in [1.82, 2.24) is 25.8 Å². The van der Waals surface area contributed by atoms with Gasteiger partial charge in [-0.25, -0.2) is 0 Å². The van der Waals surface area contributed by atoms with Crippen LogP contribution in [0.4, 0.5) is 0 Å². The Balaban J connectivity index is 0.000000166. The van der Waals surface area contributed by atoms with Crippen LogP contribution in [0.15, 0.2) is 0 Å². The Morgan fingerprint density at radius 1 is 0.625 bits per heavy atom. The molecule has 7 rings (SSSR count). The van der Waals surface area contributed by atoms with Crippen LogP contribution in [0.5, 0.6) is 0 Å². The van der Waals surface area contributed by atoms with E-state index >= 15 is 0 Å². The van der Waals surface area contributed by atoms with Crippen LogP contribution in [0.3, 0.4) is 0 Å². The van der Waals surface area contributed by atoms with Crippen molar-refractivity contribution >= 4 is 17.7 Å². The van der Waals surface area contributed by atoms with Crippen molar-refractivity contribution in [3.05, 3.63) is 0 Å². The van der Waals surface area contributed by atoms with Crippen molar-refractivity contribution in [2.45, 2.75) is 123 Å². The Hall–Kier alpha value is -1.67. The predicted octanol–water partition coefficient (Wildman–Crippen LogP) is 3.94. The molecule has 3 amide bonds. The molecular formula is C32H59N5O3. The summed E-state index contributed by atoms with van der Waals surface area (Å²) in [4.78, 5) is 39.5. The molecule has 230 valence electrons. The van der Waals surface area contributed by atoms with E-state index in [9.17, 15) is 14.4 Å². The van der Waals surface area contributed by atoms with Crippen molar-refractivity contribution in [2.75, 3.05) is 39.3 Å². The van der Waals surface area contributed by atoms with Gasteiger partial charge in [0.15, 0.2) is 0 Å². The van der Waals surface area contributed by atoms with Gasteiger partial charge in [-0.1, -0.05) is 60.8 Å². The highest BCUT2D eigenvalue weighted by molar-refractivity contribution is 5.79. The summed E-state index contributed by atoms with van der Waals surface area (Å²) in [5.41, 5.74) is 0.149. The molecule has 7 aliphatic rings. The minimum Gasteiger partial charge on any atom is -0.353 e. The highest BCUT2D eigenvalue weighted by Crippen LogP contribution is 2.32. The van der Waals surface area contributed by atoms with Crippen molar-refractivity contribution in [2.24, 2.45) is 23.7 Å². The number of nitrogens with zero attached hydrogens (tertiary/aromatic N) is 2. The Kier molecular flexibility index (Phi) is 12.7. The molecule has 0 aromatic rings. The molecule has 6 saturated heterocycles. The van der Waals surface area contributed by atoms with Gasteiger partial charge in [-0.05, 0) is 64.0 Å². The van der Waals surface area contributed by atoms with E-state index in [0.717, 1.165) is 31.7 Å². The average molecular weight is 562 g/mol. The molecule has 0 spiro atoms. The highest BCUT2D eigenvalue weighted by atomic mass is 16.2. The van der Waals surface area contributed by atoms with E-state index in [4.69, 9.17) is 0 Å². The molecule has 4 bridgehead atoms. The molecule has 1 unspecified atom stereocenters. The molecule has 1 atom stereocenters. The van der Waals surface area contributed by atoms with E-state index in [-0.39, 0.29) is 41.0 Å². The zero-order valence-corrected chi connectivity index (χ0v) is 26.4. The number of fused-ring (bicyclic) bond motifs is 6. The van der Waals surface area contributed by atoms with Crippen LogP contribution in [-0.4, -0.2) is 84.4 Å². The van der Waals surface area contributed by atoms with Crippen LogP contribution >= 0.6 is 0 Å². The lowest BCUT2D eigenvalue weighted by Crippen LogP contribution is -2.61. The van der Waals surface area contributed by atoms with Crippen molar-refractivity contribution in [3.8, 4) is 0 Å². The summed E-state index contributed by atoms with van der Waals surface area (Å²) in [5, 5.41) is 9.50. The van der Waals surface area contributed by atoms with Gasteiger partial charge < -0.3 is 25.8 Å². The normalized spacial score (nSPS) is 31.1. The third-order valence-corrected chi connectivity index (χ3v) is 9.62. The average Bonchev–Trinajstić information content (AvgIpc) is 2.95. The van der Waals surface area contributed by atoms with Gasteiger partial charge in [0.2, 0.25) is 17.7 Å². The summed E-state index contributed by atoms with van der Waals surface area (Å²) >= 11 is 0. The maximum Gasteiger partial charge on any atom is 0.222 e. The maximum absolute atomic E-state index is 11.7. The van der Waals surface area contributed by atoms with Crippen LogP contribution < -0.4 is 16.0 Å². The Morgan fingerprint density at radius 2 is 1.12 bits per heavy atom. The van der Waals surface area contributed by atoms with E-state index in [1.807, 2.05) is 41.5 Å². The number of piperidine rings is 6. The van der Waals surface area contributed by atoms with Gasteiger partial charge in [0.1, 0.15) is 0 Å². The number of hydrogen-bond acceptors (Lipinski definition) is 5. The largest absolute Gasteiger partial charge is 0.353 e. The third-order valence-electron chi connectivity index (χ3n) is 9.62. The highest BCUT2D eigenvalue weighted by Gasteiger charge is 2.40. The summed E-state index contributed by atoms with van der Waals surface area (Å²) in [7, 11) is 0. The Bertz CT molecular complexity index is 794. The van der Waals surface area contributed by atoms with Gasteiger partial charge in [0, 0.05) is 61.6 Å². The molecule has 8 heteroatoms. The number of carbonyl (C=O) groups excluding carboxylic acids is 3. The molecule has 6 aliphatic heterocycles. The monoisotopic (exact) mass is 561 g/mol. The first-order valence-corrected chi connectivity index (χ1v) is 16.4. The molecule has 1 aliphatic carbocycles. The minimum atomic E-state index is 0.115. The zero-order valence-electron chi connectivity index (χ0n) is 26.4. The minimum absolute atomic E-state index is 0.115. The van der Waals surface area contributed by atoms with E-state index in [0.29, 0.717) is 12.1 Å². The van der Waals surface area contributed by atoms with Crippen molar-refractivity contribution < 1.29 is 14.4 Å². The molecule has 1 saturated carbocycles. The first-order chi connectivity index (χ1) is 19.0. The Morgan fingerprint density at radius 3 is 1.57 bits per heavy atom. The molecule has 8 nitrogen and oxygen atoms in total. The van der Waals surface area contributed by atoms with E-state index in [2.05, 4.69) is 25.8 Å². The topological polar surface area (TPSA) is 93.8 Å². The lowest BCUT2D eigenvalue weighted by Gasteiger charge is -2.49. The van der Waals surface area contributed by atoms with E-state index in [1.54, 1.807) is 0 Å². The summed E-state index contributed by atoms with van der Waals surface area (Å²) in [6.07, 6.45) is 12.2. The van der Waals surface area contributed by atoms with Gasteiger partial charge in [0.25, 0.3) is 0 Å². The number of hydrogen-bond donors (Lipinski definition) is 3. The van der Waals surface area contributed by atoms with Gasteiger partial charge in [-0.2, -0.15) is 0 Å². The standard InChI is InChI=1S/2C11H20N2O.C10H19NO/c1-9(2)10(14)12-11-3-6-13(7-4-11)8-5-11;1-8(2)11(14)12-10-7-13-5-3-9(10)4-6-13;1-8(2)10(12)11-9-6-4-3-5-7-9/h9H,3-8H2,1-2H3,(H,12,14);8-10H,3-7H2,1-2H3,(H,12,14);8-9H,3-7H2,1-2H3,(H,11,12). The first kappa shape index (κ1) is 32.8. The number of rotatable bonds is 6. The van der Waals surface area contributed by atoms with E-state index in [1.165, 1.54) is 77.7 Å². The molecule has 0 radical (unpaired) electrons. The molecule has 40 heavy (non-hydrogen) atoms. The fourth-order valence-electron chi connectivity index (χ4n) is 6.51. The molecule has 3 N–H and O–H groups in total. The van der Waals surface area contributed by atoms with Crippen molar-refractivity contribution in [3.63, 3.8) is 0 Å².